The molecule has 1 aromatic carbocycles. The Labute approximate surface area is 164 Å². The van der Waals surface area contributed by atoms with Gasteiger partial charge < -0.3 is 15.0 Å². The van der Waals surface area contributed by atoms with Crippen molar-refractivity contribution in [2.75, 3.05) is 33.3 Å². The van der Waals surface area contributed by atoms with Gasteiger partial charge in [0.1, 0.15) is 0 Å². The van der Waals surface area contributed by atoms with Gasteiger partial charge in [0.25, 0.3) is 0 Å². The molecule has 1 atom stereocenters. The molecule has 1 aromatic rings. The normalized spacial score (nSPS) is 22.4. The average Bonchev–Trinajstić information content (AvgIpc) is 2.67. The van der Waals surface area contributed by atoms with Crippen molar-refractivity contribution >= 4 is 6.03 Å². The molecule has 2 aliphatic rings. The van der Waals surface area contributed by atoms with Crippen LogP contribution in [0, 0.1) is 5.92 Å². The number of benzene rings is 1. The van der Waals surface area contributed by atoms with E-state index in [4.69, 9.17) is 4.74 Å². The molecule has 2 heterocycles. The molecule has 1 N–H and O–H groups in total. The van der Waals surface area contributed by atoms with E-state index in [9.17, 15) is 4.79 Å². The van der Waals surface area contributed by atoms with Crippen LogP contribution in [0.3, 0.4) is 0 Å². The molecule has 2 saturated heterocycles. The molecule has 150 valence electrons. The van der Waals surface area contributed by atoms with E-state index in [0.717, 1.165) is 58.5 Å². The highest BCUT2D eigenvalue weighted by molar-refractivity contribution is 5.74. The first-order valence-electron chi connectivity index (χ1n) is 10.4. The van der Waals surface area contributed by atoms with E-state index in [0.29, 0.717) is 12.0 Å². The molecule has 2 amide bonds. The molecule has 0 radical (unpaired) electrons. The summed E-state index contributed by atoms with van der Waals surface area (Å²) in [6.07, 6.45) is 4.04. The van der Waals surface area contributed by atoms with Gasteiger partial charge in [-0.2, -0.15) is 0 Å². The molecule has 2 fully saturated rings. The van der Waals surface area contributed by atoms with Crippen molar-refractivity contribution in [2.24, 2.45) is 5.92 Å². The molecule has 1 spiro atoms. The van der Waals surface area contributed by atoms with Crippen LogP contribution in [0.4, 0.5) is 4.79 Å². The Morgan fingerprint density at radius 1 is 1.30 bits per heavy atom. The number of rotatable bonds is 5. The Hall–Kier alpha value is -1.59. The Morgan fingerprint density at radius 3 is 2.67 bits per heavy atom. The first-order valence-corrected chi connectivity index (χ1v) is 10.4. The molecule has 5 heteroatoms. The van der Waals surface area contributed by atoms with Gasteiger partial charge in [0.05, 0.1) is 5.60 Å². The van der Waals surface area contributed by atoms with E-state index < -0.39 is 0 Å². The minimum absolute atomic E-state index is 0.0529. The number of ether oxygens (including phenoxy) is 1. The van der Waals surface area contributed by atoms with Crippen molar-refractivity contribution < 1.29 is 9.53 Å². The van der Waals surface area contributed by atoms with Crippen molar-refractivity contribution in [3.8, 4) is 0 Å². The maximum absolute atomic E-state index is 12.3. The lowest BCUT2D eigenvalue weighted by Gasteiger charge is -2.48. The fraction of sp³-hybridized carbons (Fsp3) is 0.682. The van der Waals surface area contributed by atoms with Gasteiger partial charge in [0, 0.05) is 38.8 Å². The topological polar surface area (TPSA) is 44.8 Å². The molecular formula is C22H35N3O2. The number of urea groups is 1. The van der Waals surface area contributed by atoms with Crippen LogP contribution in [-0.2, 0) is 11.3 Å². The number of carbonyl (C=O) groups excluding carboxylic acids is 1. The van der Waals surface area contributed by atoms with E-state index >= 15 is 0 Å². The number of likely N-dealkylation sites (tertiary alicyclic amines) is 1. The third-order valence-corrected chi connectivity index (χ3v) is 5.99. The summed E-state index contributed by atoms with van der Waals surface area (Å²) in [7, 11) is 2.23. The van der Waals surface area contributed by atoms with E-state index in [-0.39, 0.29) is 11.6 Å². The fourth-order valence-corrected chi connectivity index (χ4v) is 4.25. The highest BCUT2D eigenvalue weighted by atomic mass is 16.5. The van der Waals surface area contributed by atoms with Gasteiger partial charge in [-0.1, -0.05) is 44.2 Å². The summed E-state index contributed by atoms with van der Waals surface area (Å²) in [5.41, 5.74) is 1.31. The molecule has 0 bridgehead atoms. The summed E-state index contributed by atoms with van der Waals surface area (Å²) in [4.78, 5) is 16.7. The van der Waals surface area contributed by atoms with Gasteiger partial charge in [0.2, 0.25) is 0 Å². The number of piperidine rings is 1. The standard InChI is InChI=1S/C22H35N3O2/c1-18(2)16-23-21(26)25-12-10-22(11-13-25)15-20(9-14-27-22)24(3)17-19-7-5-4-6-8-19/h4-8,18,20H,9-17H2,1-3H3,(H,23,26)/t20-/m0/s1. The highest BCUT2D eigenvalue weighted by Crippen LogP contribution is 2.36. The lowest BCUT2D eigenvalue weighted by molar-refractivity contribution is -0.128. The lowest BCUT2D eigenvalue weighted by Crippen LogP contribution is -2.55. The van der Waals surface area contributed by atoms with Crippen molar-refractivity contribution in [3.05, 3.63) is 35.9 Å². The number of nitrogens with one attached hydrogen (secondary N) is 1. The smallest absolute Gasteiger partial charge is 0.317 e. The lowest BCUT2D eigenvalue weighted by atomic mass is 9.82. The number of amides is 2. The van der Waals surface area contributed by atoms with Crippen molar-refractivity contribution in [1.29, 1.82) is 0 Å². The SMILES string of the molecule is CC(C)CNC(=O)N1CCC2(CC1)C[C@@H](N(C)Cc1ccccc1)CCO2. The maximum Gasteiger partial charge on any atom is 0.317 e. The molecule has 0 unspecified atom stereocenters. The van der Waals surface area contributed by atoms with Crippen molar-refractivity contribution in [2.45, 2.75) is 57.7 Å². The molecule has 0 saturated carbocycles. The largest absolute Gasteiger partial charge is 0.375 e. The van der Waals surface area contributed by atoms with Crippen molar-refractivity contribution in [3.63, 3.8) is 0 Å². The van der Waals surface area contributed by atoms with E-state index in [2.05, 4.69) is 61.4 Å². The summed E-state index contributed by atoms with van der Waals surface area (Å²) in [6, 6.07) is 11.3. The van der Waals surface area contributed by atoms with Gasteiger partial charge in [0.15, 0.2) is 0 Å². The maximum atomic E-state index is 12.3. The van der Waals surface area contributed by atoms with Crippen LogP contribution in [0.15, 0.2) is 30.3 Å². The van der Waals surface area contributed by atoms with Crippen LogP contribution < -0.4 is 5.32 Å². The molecule has 5 nitrogen and oxygen atoms in total. The minimum Gasteiger partial charge on any atom is -0.375 e. The number of nitrogens with zero attached hydrogens (tertiary/aromatic N) is 2. The van der Waals surface area contributed by atoms with Gasteiger partial charge in [-0.15, -0.1) is 0 Å². The Morgan fingerprint density at radius 2 is 2.00 bits per heavy atom. The van der Waals surface area contributed by atoms with Crippen LogP contribution >= 0.6 is 0 Å². The monoisotopic (exact) mass is 373 g/mol. The molecule has 3 rings (SSSR count). The second-order valence-electron chi connectivity index (χ2n) is 8.65. The van der Waals surface area contributed by atoms with Crippen LogP contribution in [0.2, 0.25) is 0 Å². The Kier molecular flexibility index (Phi) is 6.77. The van der Waals surface area contributed by atoms with Crippen LogP contribution in [0.1, 0.15) is 45.1 Å². The first kappa shape index (κ1) is 20.2. The molecule has 0 aromatic heterocycles. The van der Waals surface area contributed by atoms with E-state index in [1.165, 1.54) is 5.56 Å². The number of carbonyl (C=O) groups is 1. The summed E-state index contributed by atoms with van der Waals surface area (Å²) >= 11 is 0. The third kappa shape index (κ3) is 5.45. The molecule has 0 aliphatic carbocycles. The zero-order valence-corrected chi connectivity index (χ0v) is 17.1. The van der Waals surface area contributed by atoms with E-state index in [1.54, 1.807) is 0 Å². The molecular weight excluding hydrogens is 338 g/mol. The molecule has 27 heavy (non-hydrogen) atoms. The summed E-state index contributed by atoms with van der Waals surface area (Å²) < 4.78 is 6.28. The fourth-order valence-electron chi connectivity index (χ4n) is 4.25. The van der Waals surface area contributed by atoms with Gasteiger partial charge in [-0.05, 0) is 44.2 Å². The van der Waals surface area contributed by atoms with Gasteiger partial charge >= 0.3 is 6.03 Å². The summed E-state index contributed by atoms with van der Waals surface area (Å²) in [6.45, 7) is 8.36. The summed E-state index contributed by atoms with van der Waals surface area (Å²) in [5, 5.41) is 3.04. The van der Waals surface area contributed by atoms with Crippen molar-refractivity contribution in [1.82, 2.24) is 15.1 Å². The molecule has 2 aliphatic heterocycles. The predicted molar refractivity (Wildman–Crippen MR) is 109 cm³/mol. The average molecular weight is 374 g/mol. The second-order valence-corrected chi connectivity index (χ2v) is 8.65. The summed E-state index contributed by atoms with van der Waals surface area (Å²) in [5.74, 6) is 0.479. The zero-order chi connectivity index (χ0) is 19.3. The number of hydrogen-bond donors (Lipinski definition) is 1. The second kappa shape index (κ2) is 9.07. The van der Waals surface area contributed by atoms with Gasteiger partial charge in [-0.25, -0.2) is 4.79 Å². The zero-order valence-electron chi connectivity index (χ0n) is 17.1. The van der Waals surface area contributed by atoms with Gasteiger partial charge in [-0.3, -0.25) is 4.90 Å². The van der Waals surface area contributed by atoms with Crippen LogP contribution in [-0.4, -0.2) is 60.8 Å². The number of hydrogen-bond acceptors (Lipinski definition) is 3. The van der Waals surface area contributed by atoms with E-state index in [1.807, 2.05) is 4.90 Å². The quantitative estimate of drug-likeness (QED) is 0.859. The Balaban J connectivity index is 1.51. The third-order valence-electron chi connectivity index (χ3n) is 5.99. The first-order chi connectivity index (χ1) is 13.0. The highest BCUT2D eigenvalue weighted by Gasteiger charge is 2.42. The van der Waals surface area contributed by atoms with Crippen LogP contribution in [0.25, 0.3) is 0 Å². The van der Waals surface area contributed by atoms with Crippen LogP contribution in [0.5, 0.6) is 0 Å². The minimum atomic E-state index is -0.0529. The predicted octanol–water partition coefficient (Wildman–Crippen LogP) is 3.50. The Bertz CT molecular complexity index is 597.